The van der Waals surface area contributed by atoms with Crippen LogP contribution in [-0.2, 0) is 21.2 Å². The minimum absolute atomic E-state index is 0.0504. The number of hydrogen-bond acceptors (Lipinski definition) is 7. The summed E-state index contributed by atoms with van der Waals surface area (Å²) in [6, 6.07) is 2.95. The lowest BCUT2D eigenvalue weighted by Gasteiger charge is -2.31. The molecule has 1 aliphatic rings. The van der Waals surface area contributed by atoms with Crippen molar-refractivity contribution < 1.29 is 58.2 Å². The standard InChI is InChI=1S/C30H30F8N4O5S2/c1-4-19(30(36,37)38)41-49(46,47)18-9-8-16(20(21(18)31)24(32)33)23-22(26(43)42-12-10-29(34,35)11-13-42)40-25(48-23)17-7-5-6-15(39-17)14-28(2,3)27(44)45/h5-9,19,24,41H,4,10-14H2,1-3H3,(H,44,45). The van der Waals surface area contributed by atoms with Crippen LogP contribution in [0, 0.1) is 11.2 Å². The maximum Gasteiger partial charge on any atom is 0.404 e. The van der Waals surface area contributed by atoms with Gasteiger partial charge < -0.3 is 10.0 Å². The van der Waals surface area contributed by atoms with Crippen LogP contribution in [0.5, 0.6) is 0 Å². The van der Waals surface area contributed by atoms with Crippen molar-refractivity contribution in [1.29, 1.82) is 0 Å². The van der Waals surface area contributed by atoms with E-state index < -0.39 is 117 Å². The first-order valence-corrected chi connectivity index (χ1v) is 17.0. The summed E-state index contributed by atoms with van der Waals surface area (Å²) in [6.07, 6.45) is -11.1. The Kier molecular flexibility index (Phi) is 10.8. The van der Waals surface area contributed by atoms with Gasteiger partial charge in [-0.15, -0.1) is 11.3 Å². The van der Waals surface area contributed by atoms with Crippen LogP contribution in [0.3, 0.4) is 0 Å². The molecule has 1 aromatic carbocycles. The topological polar surface area (TPSA) is 130 Å². The van der Waals surface area contributed by atoms with Crippen LogP contribution in [0.15, 0.2) is 35.2 Å². The van der Waals surface area contributed by atoms with Crippen LogP contribution in [-0.4, -0.2) is 71.5 Å². The maximum absolute atomic E-state index is 15.8. The molecule has 1 amide bonds. The van der Waals surface area contributed by atoms with E-state index in [1.165, 1.54) is 36.8 Å². The quantitative estimate of drug-likeness (QED) is 0.201. The molecule has 0 bridgehead atoms. The van der Waals surface area contributed by atoms with E-state index in [9.17, 15) is 53.8 Å². The van der Waals surface area contributed by atoms with Crippen molar-refractivity contribution in [2.24, 2.45) is 5.41 Å². The van der Waals surface area contributed by atoms with Gasteiger partial charge in [-0.05, 0) is 38.5 Å². The molecular weight excluding hydrogens is 712 g/mol. The number of carbonyl (C=O) groups is 2. The van der Waals surface area contributed by atoms with Gasteiger partial charge in [-0.1, -0.05) is 19.1 Å². The number of rotatable bonds is 11. The number of carboxylic acids is 1. The number of alkyl halides is 7. The highest BCUT2D eigenvalue weighted by atomic mass is 32.2. The predicted molar refractivity (Wildman–Crippen MR) is 161 cm³/mol. The smallest absolute Gasteiger partial charge is 0.404 e. The van der Waals surface area contributed by atoms with Crippen LogP contribution in [0.4, 0.5) is 35.1 Å². The summed E-state index contributed by atoms with van der Waals surface area (Å²) in [6.45, 7) is 3.04. The lowest BCUT2D eigenvalue weighted by atomic mass is 9.88. The van der Waals surface area contributed by atoms with Crippen LogP contribution in [0.2, 0.25) is 0 Å². The summed E-state index contributed by atoms with van der Waals surface area (Å²) < 4.78 is 139. The van der Waals surface area contributed by atoms with Crippen LogP contribution < -0.4 is 4.72 Å². The number of amides is 1. The molecule has 0 aliphatic carbocycles. The van der Waals surface area contributed by atoms with Gasteiger partial charge in [0.2, 0.25) is 10.0 Å². The van der Waals surface area contributed by atoms with Crippen molar-refractivity contribution in [3.05, 3.63) is 53.1 Å². The number of benzene rings is 1. The van der Waals surface area contributed by atoms with E-state index in [1.807, 2.05) is 0 Å². The normalized spacial score (nSPS) is 16.2. The first-order chi connectivity index (χ1) is 22.6. The van der Waals surface area contributed by atoms with E-state index in [0.29, 0.717) is 23.5 Å². The largest absolute Gasteiger partial charge is 0.481 e. The van der Waals surface area contributed by atoms with Gasteiger partial charge in [-0.25, -0.2) is 35.4 Å². The summed E-state index contributed by atoms with van der Waals surface area (Å²) in [5, 5.41) is 9.42. The van der Waals surface area contributed by atoms with Gasteiger partial charge in [-0.2, -0.15) is 17.9 Å². The highest BCUT2D eigenvalue weighted by Crippen LogP contribution is 2.43. The van der Waals surface area contributed by atoms with Crippen molar-refractivity contribution in [2.75, 3.05) is 13.1 Å². The molecule has 49 heavy (non-hydrogen) atoms. The van der Waals surface area contributed by atoms with Crippen molar-refractivity contribution in [1.82, 2.24) is 19.6 Å². The van der Waals surface area contributed by atoms with Crippen molar-refractivity contribution in [3.8, 4) is 21.1 Å². The summed E-state index contributed by atoms with van der Waals surface area (Å²) in [5.74, 6) is -7.24. The molecule has 3 aromatic rings. The third kappa shape index (κ3) is 8.37. The number of carbonyl (C=O) groups excluding carboxylic acids is 1. The Labute approximate surface area is 279 Å². The molecule has 0 radical (unpaired) electrons. The van der Waals surface area contributed by atoms with E-state index in [4.69, 9.17) is 0 Å². The monoisotopic (exact) mass is 742 g/mol. The summed E-state index contributed by atoms with van der Waals surface area (Å²) in [5.41, 5.74) is -3.77. The summed E-state index contributed by atoms with van der Waals surface area (Å²) in [7, 11) is -5.35. The van der Waals surface area contributed by atoms with E-state index >= 15 is 4.39 Å². The molecule has 19 heteroatoms. The number of sulfonamides is 1. The number of aliphatic carboxylic acids is 1. The predicted octanol–water partition coefficient (Wildman–Crippen LogP) is 7.09. The van der Waals surface area contributed by atoms with E-state index in [2.05, 4.69) is 9.97 Å². The van der Waals surface area contributed by atoms with Gasteiger partial charge in [-0.3, -0.25) is 14.6 Å². The van der Waals surface area contributed by atoms with Crippen molar-refractivity contribution in [3.63, 3.8) is 0 Å². The second kappa shape index (κ2) is 13.9. The molecule has 1 saturated heterocycles. The maximum atomic E-state index is 15.8. The zero-order valence-corrected chi connectivity index (χ0v) is 27.7. The van der Waals surface area contributed by atoms with Gasteiger partial charge in [0.25, 0.3) is 18.3 Å². The first kappa shape index (κ1) is 38.1. The average Bonchev–Trinajstić information content (AvgIpc) is 3.44. The van der Waals surface area contributed by atoms with Gasteiger partial charge in [0.15, 0.2) is 5.82 Å². The molecule has 4 rings (SSSR count). The molecule has 0 saturated carbocycles. The molecule has 268 valence electrons. The SMILES string of the molecule is CCC(NS(=O)(=O)c1ccc(-c2sc(-c3cccc(CC(C)(C)C(=O)O)n3)nc2C(=O)N2CCC(F)(F)CC2)c(C(F)F)c1F)C(F)(F)F. The zero-order chi connectivity index (χ0) is 36.7. The third-order valence-corrected chi connectivity index (χ3v) is 10.4. The van der Waals surface area contributed by atoms with E-state index in [0.717, 1.165) is 11.8 Å². The Morgan fingerprint density at radius 1 is 1.08 bits per heavy atom. The molecule has 0 spiro atoms. The van der Waals surface area contributed by atoms with Crippen LogP contribution >= 0.6 is 11.3 Å². The fourth-order valence-corrected chi connectivity index (χ4v) is 7.45. The molecule has 1 aliphatic heterocycles. The minimum atomic E-state index is -5.35. The summed E-state index contributed by atoms with van der Waals surface area (Å²) in [4.78, 5) is 33.0. The minimum Gasteiger partial charge on any atom is -0.481 e. The number of thiazole rings is 1. The number of likely N-dealkylation sites (tertiary alicyclic amines) is 1. The number of hydrogen-bond donors (Lipinski definition) is 2. The first-order valence-electron chi connectivity index (χ1n) is 14.7. The third-order valence-electron chi connectivity index (χ3n) is 7.84. The van der Waals surface area contributed by atoms with Gasteiger partial charge >= 0.3 is 12.1 Å². The molecule has 9 nitrogen and oxygen atoms in total. The number of aromatic nitrogens is 2. The van der Waals surface area contributed by atoms with E-state index in [1.54, 1.807) is 0 Å². The lowest BCUT2D eigenvalue weighted by molar-refractivity contribution is -0.151. The fraction of sp³-hybridized carbons (Fsp3) is 0.467. The number of halogens is 8. The average molecular weight is 743 g/mol. The van der Waals surface area contributed by atoms with E-state index in [-0.39, 0.29) is 22.8 Å². The Morgan fingerprint density at radius 3 is 2.27 bits per heavy atom. The number of carboxylic acid groups (broad SMARTS) is 1. The Morgan fingerprint density at radius 2 is 1.71 bits per heavy atom. The Hall–Kier alpha value is -3.71. The zero-order valence-electron chi connectivity index (χ0n) is 26.0. The molecule has 2 aromatic heterocycles. The highest BCUT2D eigenvalue weighted by molar-refractivity contribution is 7.89. The molecule has 2 N–H and O–H groups in total. The van der Waals surface area contributed by atoms with Crippen LogP contribution in [0.25, 0.3) is 21.1 Å². The molecule has 1 unspecified atom stereocenters. The fourth-order valence-electron chi connectivity index (χ4n) is 4.99. The van der Waals surface area contributed by atoms with Crippen molar-refractivity contribution >= 4 is 33.2 Å². The highest BCUT2D eigenvalue weighted by Gasteiger charge is 2.43. The molecule has 1 atom stereocenters. The number of nitrogens with one attached hydrogen (secondary N) is 1. The number of nitrogens with zero attached hydrogens (tertiary/aromatic N) is 3. The molecule has 3 heterocycles. The second-order valence-electron chi connectivity index (χ2n) is 12.0. The van der Waals surface area contributed by atoms with Gasteiger partial charge in [0.05, 0.1) is 21.5 Å². The number of pyridine rings is 1. The van der Waals surface area contributed by atoms with Crippen LogP contribution in [0.1, 0.15) is 68.2 Å². The van der Waals surface area contributed by atoms with Gasteiger partial charge in [0.1, 0.15) is 21.6 Å². The van der Waals surface area contributed by atoms with Gasteiger partial charge in [0, 0.05) is 43.6 Å². The lowest BCUT2D eigenvalue weighted by Crippen LogP contribution is -2.45. The molecular formula is C30H30F8N4O5S2. The Bertz CT molecular complexity index is 1840. The Balaban J connectivity index is 1.88. The van der Waals surface area contributed by atoms with Crippen molar-refractivity contribution in [2.45, 2.75) is 75.9 Å². The summed E-state index contributed by atoms with van der Waals surface area (Å²) >= 11 is 0.563. The molecule has 1 fully saturated rings. The number of piperidine rings is 1. The second-order valence-corrected chi connectivity index (χ2v) is 14.7.